The molecular weight excluding hydrogens is 459 g/mol. The van der Waals surface area contributed by atoms with Gasteiger partial charge in [0.2, 0.25) is 0 Å². The number of anilines is 1. The SMILES string of the molecule is CC1C(=O)N(NC(=O)[C@H](C)NC[C@H](O)c2cc(F)c(F)c(F)c2)c2ccccc2-c2ccccc21. The Morgan fingerprint density at radius 3 is 2.31 bits per heavy atom. The molecule has 6 nitrogen and oxygen atoms in total. The van der Waals surface area contributed by atoms with Crippen molar-refractivity contribution in [2.24, 2.45) is 0 Å². The maximum absolute atomic E-state index is 13.5. The number of aliphatic hydroxyl groups is 1. The van der Waals surface area contributed by atoms with Crippen molar-refractivity contribution in [1.82, 2.24) is 10.7 Å². The van der Waals surface area contributed by atoms with E-state index in [1.807, 2.05) is 36.4 Å². The molecule has 0 radical (unpaired) electrons. The second-order valence-corrected chi connectivity index (χ2v) is 8.42. The van der Waals surface area contributed by atoms with Gasteiger partial charge >= 0.3 is 0 Å². The van der Waals surface area contributed by atoms with E-state index in [2.05, 4.69) is 10.7 Å². The zero-order valence-electron chi connectivity index (χ0n) is 19.1. The van der Waals surface area contributed by atoms with Gasteiger partial charge in [-0.3, -0.25) is 15.0 Å². The molecule has 9 heteroatoms. The van der Waals surface area contributed by atoms with Crippen molar-refractivity contribution in [3.05, 3.63) is 89.2 Å². The summed E-state index contributed by atoms with van der Waals surface area (Å²) in [7, 11) is 0. The van der Waals surface area contributed by atoms with Gasteiger partial charge < -0.3 is 10.4 Å². The second kappa shape index (κ2) is 9.89. The average molecular weight is 483 g/mol. The number of nitrogens with zero attached hydrogens (tertiary/aromatic N) is 1. The molecule has 3 aromatic carbocycles. The summed E-state index contributed by atoms with van der Waals surface area (Å²) in [5.74, 6) is -5.86. The fraction of sp³-hybridized carbons (Fsp3) is 0.231. The smallest absolute Gasteiger partial charge is 0.255 e. The number of amides is 2. The average Bonchev–Trinajstić information content (AvgIpc) is 2.95. The normalized spacial score (nSPS) is 16.7. The Morgan fingerprint density at radius 1 is 1.03 bits per heavy atom. The highest BCUT2D eigenvalue weighted by molar-refractivity contribution is 6.06. The van der Waals surface area contributed by atoms with E-state index in [-0.39, 0.29) is 18.0 Å². The molecular formula is C26H24F3N3O3. The molecule has 35 heavy (non-hydrogen) atoms. The molecule has 0 fully saturated rings. The Morgan fingerprint density at radius 2 is 1.63 bits per heavy atom. The highest BCUT2D eigenvalue weighted by atomic mass is 19.2. The zero-order valence-corrected chi connectivity index (χ0v) is 19.1. The van der Waals surface area contributed by atoms with Crippen molar-refractivity contribution >= 4 is 17.5 Å². The number of carbonyl (C=O) groups is 2. The lowest BCUT2D eigenvalue weighted by Gasteiger charge is -2.27. The van der Waals surface area contributed by atoms with E-state index in [1.165, 1.54) is 11.9 Å². The van der Waals surface area contributed by atoms with Crippen LogP contribution in [0.3, 0.4) is 0 Å². The van der Waals surface area contributed by atoms with Crippen molar-refractivity contribution in [3.8, 4) is 11.1 Å². The predicted molar refractivity (Wildman–Crippen MR) is 125 cm³/mol. The van der Waals surface area contributed by atoms with E-state index < -0.39 is 41.4 Å². The maximum Gasteiger partial charge on any atom is 0.255 e. The third-order valence-corrected chi connectivity index (χ3v) is 6.08. The van der Waals surface area contributed by atoms with Gasteiger partial charge in [-0.1, -0.05) is 42.5 Å². The van der Waals surface area contributed by atoms with Crippen molar-refractivity contribution in [2.75, 3.05) is 11.6 Å². The maximum atomic E-state index is 13.5. The fourth-order valence-corrected chi connectivity index (χ4v) is 4.05. The fourth-order valence-electron chi connectivity index (χ4n) is 4.05. The molecule has 1 aliphatic rings. The van der Waals surface area contributed by atoms with E-state index >= 15 is 0 Å². The van der Waals surface area contributed by atoms with Crippen molar-refractivity contribution in [3.63, 3.8) is 0 Å². The summed E-state index contributed by atoms with van der Waals surface area (Å²) in [5, 5.41) is 14.2. The first-order valence-corrected chi connectivity index (χ1v) is 11.1. The lowest BCUT2D eigenvalue weighted by atomic mass is 9.92. The van der Waals surface area contributed by atoms with Gasteiger partial charge in [0.05, 0.1) is 23.8 Å². The first-order valence-electron chi connectivity index (χ1n) is 11.1. The zero-order chi connectivity index (χ0) is 25.3. The summed E-state index contributed by atoms with van der Waals surface area (Å²) in [6.45, 7) is 3.04. The molecule has 1 heterocycles. The molecule has 0 bridgehead atoms. The molecule has 0 spiro atoms. The molecule has 0 saturated carbocycles. The van der Waals surface area contributed by atoms with Gasteiger partial charge in [0.1, 0.15) is 0 Å². The number of hydrogen-bond donors (Lipinski definition) is 3. The molecule has 182 valence electrons. The van der Waals surface area contributed by atoms with Crippen LogP contribution in [0, 0.1) is 17.5 Å². The quantitative estimate of drug-likeness (QED) is 0.464. The van der Waals surface area contributed by atoms with Gasteiger partial charge in [-0.15, -0.1) is 0 Å². The van der Waals surface area contributed by atoms with E-state index in [0.29, 0.717) is 17.8 Å². The highest BCUT2D eigenvalue weighted by Crippen LogP contribution is 2.39. The van der Waals surface area contributed by atoms with E-state index in [1.54, 1.807) is 19.1 Å². The standard InChI is InChI=1S/C26H24F3N3O3/c1-14-17-7-3-4-8-18(17)19-9-5-6-10-22(19)32(26(14)35)31-25(34)15(2)30-13-23(33)16-11-20(27)24(29)21(28)12-16/h3-12,14-15,23,30,33H,13H2,1-2H3,(H,31,34)/t14?,15-,23-/m0/s1. The Hall–Kier alpha value is -3.69. The van der Waals surface area contributed by atoms with Crippen LogP contribution in [0.25, 0.3) is 11.1 Å². The highest BCUT2D eigenvalue weighted by Gasteiger charge is 2.33. The first-order chi connectivity index (χ1) is 16.7. The lowest BCUT2D eigenvalue weighted by Crippen LogP contribution is -2.53. The molecule has 2 amide bonds. The van der Waals surface area contributed by atoms with Crippen LogP contribution >= 0.6 is 0 Å². The van der Waals surface area contributed by atoms with E-state index in [0.717, 1.165) is 16.7 Å². The van der Waals surface area contributed by atoms with Crippen LogP contribution in [0.2, 0.25) is 0 Å². The summed E-state index contributed by atoms with van der Waals surface area (Å²) in [5.41, 5.74) is 5.52. The minimum absolute atomic E-state index is 0.176. The van der Waals surface area contributed by atoms with Gasteiger partial charge in [-0.25, -0.2) is 18.2 Å². The monoisotopic (exact) mass is 483 g/mol. The number of halogens is 3. The van der Waals surface area contributed by atoms with Gasteiger partial charge in [0.15, 0.2) is 17.5 Å². The number of hydrazine groups is 1. The molecule has 3 atom stereocenters. The third kappa shape index (κ3) is 4.78. The van der Waals surface area contributed by atoms with Gasteiger partial charge in [0, 0.05) is 12.1 Å². The number of nitrogens with one attached hydrogen (secondary N) is 2. The number of benzene rings is 3. The Labute approximate surface area is 200 Å². The summed E-state index contributed by atoms with van der Waals surface area (Å²) >= 11 is 0. The van der Waals surface area contributed by atoms with Crippen LogP contribution in [0.1, 0.15) is 37.0 Å². The predicted octanol–water partition coefficient (Wildman–Crippen LogP) is 3.96. The van der Waals surface area contributed by atoms with Crippen LogP contribution in [0.5, 0.6) is 0 Å². The van der Waals surface area contributed by atoms with Crippen LogP contribution < -0.4 is 15.8 Å². The second-order valence-electron chi connectivity index (χ2n) is 8.42. The number of fused-ring (bicyclic) bond motifs is 3. The van der Waals surface area contributed by atoms with E-state index in [9.17, 15) is 27.9 Å². The largest absolute Gasteiger partial charge is 0.387 e. The van der Waals surface area contributed by atoms with Gasteiger partial charge in [0.25, 0.3) is 11.8 Å². The van der Waals surface area contributed by atoms with Crippen LogP contribution in [0.4, 0.5) is 18.9 Å². The first kappa shape index (κ1) is 24.4. The van der Waals surface area contributed by atoms with Crippen molar-refractivity contribution in [2.45, 2.75) is 31.9 Å². The minimum atomic E-state index is -1.62. The van der Waals surface area contributed by atoms with Gasteiger partial charge in [-0.05, 0) is 48.7 Å². The van der Waals surface area contributed by atoms with Gasteiger partial charge in [-0.2, -0.15) is 0 Å². The molecule has 1 aliphatic heterocycles. The van der Waals surface area contributed by atoms with Crippen LogP contribution in [0.15, 0.2) is 60.7 Å². The van der Waals surface area contributed by atoms with E-state index in [4.69, 9.17) is 0 Å². The van der Waals surface area contributed by atoms with Crippen molar-refractivity contribution in [1.29, 1.82) is 0 Å². The summed E-state index contributed by atoms with van der Waals surface area (Å²) in [4.78, 5) is 26.3. The van der Waals surface area contributed by atoms with Crippen molar-refractivity contribution < 1.29 is 27.9 Å². The van der Waals surface area contributed by atoms with Crippen LogP contribution in [-0.2, 0) is 9.59 Å². The minimum Gasteiger partial charge on any atom is -0.387 e. The Bertz CT molecular complexity index is 1260. The molecule has 0 aromatic heterocycles. The molecule has 3 aromatic rings. The number of carbonyl (C=O) groups excluding carboxylic acids is 2. The number of aliphatic hydroxyl groups excluding tert-OH is 1. The third-order valence-electron chi connectivity index (χ3n) is 6.08. The Balaban J connectivity index is 1.50. The Kier molecular flexibility index (Phi) is 6.90. The molecule has 0 aliphatic carbocycles. The number of rotatable bonds is 6. The van der Waals surface area contributed by atoms with Crippen LogP contribution in [-0.4, -0.2) is 29.5 Å². The summed E-state index contributed by atoms with van der Waals surface area (Å²) in [6, 6.07) is 15.3. The topological polar surface area (TPSA) is 81.7 Å². The summed E-state index contributed by atoms with van der Waals surface area (Å²) in [6.07, 6.45) is -1.40. The summed E-state index contributed by atoms with van der Waals surface area (Å²) < 4.78 is 40.1. The molecule has 1 unspecified atom stereocenters. The number of hydrogen-bond acceptors (Lipinski definition) is 4. The molecule has 0 saturated heterocycles. The molecule has 3 N–H and O–H groups in total. The number of para-hydroxylation sites is 1. The lowest BCUT2D eigenvalue weighted by molar-refractivity contribution is -0.127. The molecule has 4 rings (SSSR count).